The van der Waals surface area contributed by atoms with Crippen LogP contribution in [-0.4, -0.2) is 44.5 Å². The maximum absolute atomic E-state index is 13.1. The quantitative estimate of drug-likeness (QED) is 0.758. The molecule has 6 heteroatoms. The summed E-state index contributed by atoms with van der Waals surface area (Å²) in [5.41, 5.74) is 6.46. The molecule has 2 atom stereocenters. The van der Waals surface area contributed by atoms with E-state index in [1.807, 2.05) is 6.07 Å². The van der Waals surface area contributed by atoms with Crippen molar-refractivity contribution in [3.05, 3.63) is 53.8 Å². The van der Waals surface area contributed by atoms with E-state index in [4.69, 9.17) is 9.47 Å². The van der Waals surface area contributed by atoms with Gasteiger partial charge in [0, 0.05) is 23.6 Å². The Morgan fingerprint density at radius 3 is 2.55 bits per heavy atom. The average Bonchev–Trinajstić information content (AvgIpc) is 3.10. The molecule has 5 nitrogen and oxygen atoms in total. The first-order valence-corrected chi connectivity index (χ1v) is 10.1. The molecule has 2 aliphatic rings. The smallest absolute Gasteiger partial charge is 0.161 e. The maximum Gasteiger partial charge on any atom is 0.161 e. The molecule has 1 heterocycles. The number of halogens is 1. The van der Waals surface area contributed by atoms with Gasteiger partial charge < -0.3 is 14.4 Å². The number of nitrogens with zero attached hydrogens (tertiary/aromatic N) is 2. The zero-order valence-corrected chi connectivity index (χ0v) is 17.2. The second-order valence-electron chi connectivity index (χ2n) is 7.97. The van der Waals surface area contributed by atoms with E-state index < -0.39 is 0 Å². The number of ether oxygens (including phenoxy) is 2. The van der Waals surface area contributed by atoms with Gasteiger partial charge in [0.1, 0.15) is 5.82 Å². The third-order valence-electron chi connectivity index (χ3n) is 6.52. The first kappa shape index (κ1) is 19.7. The standard InChI is InChI=1S/C23H28FN3O2/c1-27-13-12-23(16-4-9-20(28-2)21(14-16)29-3)11-10-19(15-22(23)27)26-25-18-7-5-17(24)6-8-18/h4-9,14,22,25H,10-13,15H2,1-3H3/b26-19-. The van der Waals surface area contributed by atoms with Crippen molar-refractivity contribution < 1.29 is 13.9 Å². The molecular weight excluding hydrogens is 369 g/mol. The minimum Gasteiger partial charge on any atom is -0.493 e. The molecule has 2 unspecified atom stereocenters. The van der Waals surface area contributed by atoms with Gasteiger partial charge in [-0.2, -0.15) is 5.10 Å². The molecule has 2 aromatic rings. The van der Waals surface area contributed by atoms with E-state index in [-0.39, 0.29) is 11.2 Å². The number of benzene rings is 2. The molecular formula is C23H28FN3O2. The van der Waals surface area contributed by atoms with Crippen LogP contribution in [0.4, 0.5) is 10.1 Å². The van der Waals surface area contributed by atoms with Crippen LogP contribution in [0.15, 0.2) is 47.6 Å². The minimum absolute atomic E-state index is 0.100. The second kappa shape index (κ2) is 8.03. The highest BCUT2D eigenvalue weighted by atomic mass is 19.1. The number of nitrogens with one attached hydrogen (secondary N) is 1. The summed E-state index contributed by atoms with van der Waals surface area (Å²) < 4.78 is 24.1. The summed E-state index contributed by atoms with van der Waals surface area (Å²) in [6, 6.07) is 13.0. The number of rotatable bonds is 5. The van der Waals surface area contributed by atoms with Crippen LogP contribution >= 0.6 is 0 Å². The highest BCUT2D eigenvalue weighted by molar-refractivity contribution is 5.87. The van der Waals surface area contributed by atoms with Crippen molar-refractivity contribution in [2.24, 2.45) is 5.10 Å². The molecule has 1 aliphatic carbocycles. The highest BCUT2D eigenvalue weighted by Gasteiger charge is 2.49. The SMILES string of the molecule is COc1ccc(C23CC/C(=N/Nc4ccc(F)cc4)CC2N(C)CC3)cc1OC. The molecule has 2 aromatic carbocycles. The molecule has 0 aromatic heterocycles. The summed E-state index contributed by atoms with van der Waals surface area (Å²) >= 11 is 0. The van der Waals surface area contributed by atoms with Crippen molar-refractivity contribution in [1.82, 2.24) is 4.90 Å². The Kier molecular flexibility index (Phi) is 5.46. The lowest BCUT2D eigenvalue weighted by molar-refractivity contribution is 0.226. The number of fused-ring (bicyclic) bond motifs is 1. The fourth-order valence-corrected chi connectivity index (χ4v) is 4.85. The number of hydrazone groups is 1. The van der Waals surface area contributed by atoms with Gasteiger partial charge in [-0.3, -0.25) is 5.43 Å². The van der Waals surface area contributed by atoms with Crippen LogP contribution < -0.4 is 14.9 Å². The molecule has 0 spiro atoms. The Morgan fingerprint density at radius 2 is 1.83 bits per heavy atom. The van der Waals surface area contributed by atoms with Crippen molar-refractivity contribution in [3.8, 4) is 11.5 Å². The summed E-state index contributed by atoms with van der Waals surface area (Å²) in [4.78, 5) is 2.45. The molecule has 29 heavy (non-hydrogen) atoms. The molecule has 1 aliphatic heterocycles. The number of anilines is 1. The summed E-state index contributed by atoms with van der Waals surface area (Å²) in [7, 11) is 5.55. The lowest BCUT2D eigenvalue weighted by Gasteiger charge is -2.42. The van der Waals surface area contributed by atoms with E-state index in [1.54, 1.807) is 26.4 Å². The normalized spacial score (nSPS) is 25.7. The molecule has 1 N–H and O–H groups in total. The second-order valence-corrected chi connectivity index (χ2v) is 7.97. The van der Waals surface area contributed by atoms with E-state index >= 15 is 0 Å². The van der Waals surface area contributed by atoms with Gasteiger partial charge in [0.05, 0.1) is 19.9 Å². The largest absolute Gasteiger partial charge is 0.493 e. The van der Waals surface area contributed by atoms with Gasteiger partial charge in [-0.25, -0.2) is 4.39 Å². The van der Waals surface area contributed by atoms with Gasteiger partial charge in [0.15, 0.2) is 11.5 Å². The summed E-state index contributed by atoms with van der Waals surface area (Å²) in [6.07, 6.45) is 4.02. The zero-order chi connectivity index (χ0) is 20.4. The third-order valence-corrected chi connectivity index (χ3v) is 6.52. The van der Waals surface area contributed by atoms with Gasteiger partial charge in [-0.05, 0) is 74.8 Å². The fraction of sp³-hybridized carbons (Fsp3) is 0.435. The topological polar surface area (TPSA) is 46.1 Å². The predicted octanol–water partition coefficient (Wildman–Crippen LogP) is 4.44. The van der Waals surface area contributed by atoms with Crippen LogP contribution in [0.3, 0.4) is 0 Å². The van der Waals surface area contributed by atoms with Crippen LogP contribution in [-0.2, 0) is 5.41 Å². The summed E-state index contributed by atoms with van der Waals surface area (Å²) in [6.45, 7) is 1.07. The van der Waals surface area contributed by atoms with E-state index in [0.717, 1.165) is 55.1 Å². The van der Waals surface area contributed by atoms with Crippen molar-refractivity contribution in [1.29, 1.82) is 0 Å². The molecule has 1 saturated carbocycles. The molecule has 0 radical (unpaired) electrons. The number of hydrogen-bond donors (Lipinski definition) is 1. The van der Waals surface area contributed by atoms with Gasteiger partial charge in [-0.15, -0.1) is 0 Å². The molecule has 154 valence electrons. The fourth-order valence-electron chi connectivity index (χ4n) is 4.85. The average molecular weight is 397 g/mol. The first-order chi connectivity index (χ1) is 14.1. The van der Waals surface area contributed by atoms with Crippen molar-refractivity contribution in [2.45, 2.75) is 37.1 Å². The molecule has 0 bridgehead atoms. The van der Waals surface area contributed by atoms with Crippen molar-refractivity contribution >= 4 is 11.4 Å². The summed E-state index contributed by atoms with van der Waals surface area (Å²) in [5.74, 6) is 1.30. The third kappa shape index (κ3) is 3.69. The van der Waals surface area contributed by atoms with E-state index in [0.29, 0.717) is 6.04 Å². The number of likely N-dealkylation sites (N-methyl/N-ethyl adjacent to an activating group) is 1. The number of hydrogen-bond acceptors (Lipinski definition) is 5. The Hall–Kier alpha value is -2.60. The zero-order valence-electron chi connectivity index (χ0n) is 17.2. The summed E-state index contributed by atoms with van der Waals surface area (Å²) in [5, 5.41) is 4.64. The van der Waals surface area contributed by atoms with Gasteiger partial charge in [0.2, 0.25) is 0 Å². The molecule has 2 fully saturated rings. The van der Waals surface area contributed by atoms with E-state index in [2.05, 4.69) is 34.6 Å². The Labute approximate surface area is 171 Å². The van der Waals surface area contributed by atoms with E-state index in [9.17, 15) is 4.39 Å². The van der Waals surface area contributed by atoms with Crippen LogP contribution in [0.2, 0.25) is 0 Å². The lowest BCUT2D eigenvalue weighted by atomic mass is 9.65. The van der Waals surface area contributed by atoms with Crippen molar-refractivity contribution in [2.75, 3.05) is 33.2 Å². The minimum atomic E-state index is -0.242. The van der Waals surface area contributed by atoms with Gasteiger partial charge >= 0.3 is 0 Å². The Balaban J connectivity index is 1.57. The van der Waals surface area contributed by atoms with Gasteiger partial charge in [0.25, 0.3) is 0 Å². The Morgan fingerprint density at radius 1 is 1.07 bits per heavy atom. The van der Waals surface area contributed by atoms with E-state index in [1.165, 1.54) is 17.7 Å². The maximum atomic E-state index is 13.1. The lowest BCUT2D eigenvalue weighted by Crippen LogP contribution is -2.46. The number of methoxy groups -OCH3 is 2. The predicted molar refractivity (Wildman–Crippen MR) is 114 cm³/mol. The van der Waals surface area contributed by atoms with Crippen LogP contribution in [0.25, 0.3) is 0 Å². The van der Waals surface area contributed by atoms with Crippen LogP contribution in [0.1, 0.15) is 31.2 Å². The highest BCUT2D eigenvalue weighted by Crippen LogP contribution is 2.49. The Bertz CT molecular complexity index is 899. The number of likely N-dealkylation sites (tertiary alicyclic amines) is 1. The molecule has 4 rings (SSSR count). The van der Waals surface area contributed by atoms with Crippen LogP contribution in [0, 0.1) is 5.82 Å². The first-order valence-electron chi connectivity index (χ1n) is 10.1. The van der Waals surface area contributed by atoms with Crippen LogP contribution in [0.5, 0.6) is 11.5 Å². The van der Waals surface area contributed by atoms with Crippen molar-refractivity contribution in [3.63, 3.8) is 0 Å². The van der Waals surface area contributed by atoms with Gasteiger partial charge in [-0.1, -0.05) is 6.07 Å². The monoisotopic (exact) mass is 397 g/mol. The molecule has 1 saturated heterocycles. The molecule has 0 amide bonds.